The van der Waals surface area contributed by atoms with Crippen molar-refractivity contribution in [2.24, 2.45) is 0 Å². The van der Waals surface area contributed by atoms with Crippen molar-refractivity contribution < 1.29 is 19.1 Å². The Bertz CT molecular complexity index is 1350. The van der Waals surface area contributed by atoms with Crippen LogP contribution in [0, 0.1) is 0 Å². The summed E-state index contributed by atoms with van der Waals surface area (Å²) in [7, 11) is 1.37. The normalized spacial score (nSPS) is 17.9. The maximum absolute atomic E-state index is 14.0. The first-order valence-corrected chi connectivity index (χ1v) is 15.7. The van der Waals surface area contributed by atoms with Gasteiger partial charge in [-0.2, -0.15) is 0 Å². The van der Waals surface area contributed by atoms with Crippen molar-refractivity contribution in [3.8, 4) is 0 Å². The minimum absolute atomic E-state index is 0.148. The van der Waals surface area contributed by atoms with Crippen LogP contribution in [0.25, 0.3) is 0 Å². The molecule has 3 aromatic carbocycles. The first-order valence-electron chi connectivity index (χ1n) is 15.7. The van der Waals surface area contributed by atoms with Gasteiger partial charge in [-0.25, -0.2) is 4.79 Å². The summed E-state index contributed by atoms with van der Waals surface area (Å²) in [6.45, 7) is 5.71. The molecule has 8 heteroatoms. The molecule has 0 spiro atoms. The lowest BCUT2D eigenvalue weighted by Crippen LogP contribution is -2.61. The molecular weight excluding hydrogens is 552 g/mol. The number of hydrogen-bond donors (Lipinski definition) is 1. The quantitative estimate of drug-likeness (QED) is 0.339. The van der Waals surface area contributed by atoms with Crippen molar-refractivity contribution >= 4 is 17.8 Å². The Morgan fingerprint density at radius 3 is 1.91 bits per heavy atom. The minimum Gasteiger partial charge on any atom is -0.467 e. The number of nitrogens with one attached hydrogen (secondary N) is 1. The van der Waals surface area contributed by atoms with Gasteiger partial charge < -0.3 is 19.9 Å². The number of piperidine rings is 1. The molecule has 1 atom stereocenters. The molecule has 2 fully saturated rings. The Hall–Kier alpha value is -4.01. The third kappa shape index (κ3) is 8.12. The molecule has 2 amide bonds. The molecule has 44 heavy (non-hydrogen) atoms. The summed E-state index contributed by atoms with van der Waals surface area (Å²) < 4.78 is 5.17. The average Bonchev–Trinajstić information content (AvgIpc) is 3.08. The Kier molecular flexibility index (Phi) is 10.8. The van der Waals surface area contributed by atoms with Crippen LogP contribution in [0.5, 0.6) is 0 Å². The van der Waals surface area contributed by atoms with Gasteiger partial charge in [-0.15, -0.1) is 0 Å². The average molecular weight is 597 g/mol. The van der Waals surface area contributed by atoms with Crippen LogP contribution in [0.3, 0.4) is 0 Å². The van der Waals surface area contributed by atoms with Gasteiger partial charge in [0.1, 0.15) is 5.54 Å². The molecule has 232 valence electrons. The molecule has 2 aliphatic heterocycles. The van der Waals surface area contributed by atoms with E-state index in [0.29, 0.717) is 58.4 Å². The summed E-state index contributed by atoms with van der Waals surface area (Å²) in [5.74, 6) is -0.719. The van der Waals surface area contributed by atoms with Crippen molar-refractivity contribution in [1.29, 1.82) is 0 Å². The summed E-state index contributed by atoms with van der Waals surface area (Å²) in [5.41, 5.74) is 2.32. The summed E-state index contributed by atoms with van der Waals surface area (Å²) in [4.78, 5) is 46.6. The molecule has 3 aromatic rings. The van der Waals surface area contributed by atoms with E-state index in [9.17, 15) is 14.4 Å². The fourth-order valence-electron chi connectivity index (χ4n) is 6.38. The third-order valence-electron chi connectivity index (χ3n) is 9.02. The van der Waals surface area contributed by atoms with Gasteiger partial charge in [-0.1, -0.05) is 91.0 Å². The molecule has 1 unspecified atom stereocenters. The minimum atomic E-state index is -1.06. The maximum Gasteiger partial charge on any atom is 0.331 e. The van der Waals surface area contributed by atoms with Crippen LogP contribution in [-0.4, -0.2) is 90.9 Å². The lowest BCUT2D eigenvalue weighted by atomic mass is 9.86. The topological polar surface area (TPSA) is 82.2 Å². The Labute approximate surface area is 261 Å². The van der Waals surface area contributed by atoms with E-state index < -0.39 is 11.5 Å². The van der Waals surface area contributed by atoms with Crippen LogP contribution in [0.1, 0.15) is 41.9 Å². The zero-order valence-electron chi connectivity index (χ0n) is 25.7. The van der Waals surface area contributed by atoms with Gasteiger partial charge in [0, 0.05) is 58.8 Å². The van der Waals surface area contributed by atoms with Crippen LogP contribution >= 0.6 is 0 Å². The van der Waals surface area contributed by atoms with Gasteiger partial charge in [-0.05, 0) is 36.0 Å². The van der Waals surface area contributed by atoms with Gasteiger partial charge in [-0.3, -0.25) is 14.5 Å². The molecule has 1 N–H and O–H groups in total. The number of piperazine rings is 1. The van der Waals surface area contributed by atoms with Crippen LogP contribution in [-0.2, 0) is 32.1 Å². The SMILES string of the molecule is COC(=O)C1(NC(=O)CCc2ccccc2)CCN(CC(C(=O)N2CCN(Cc3ccccc3)CC2)c2ccccc2)CC1. The van der Waals surface area contributed by atoms with Gasteiger partial charge in [0.25, 0.3) is 0 Å². The number of aryl methyl sites for hydroxylation is 1. The maximum atomic E-state index is 14.0. The number of carbonyl (C=O) groups is 3. The molecule has 2 saturated heterocycles. The predicted molar refractivity (Wildman–Crippen MR) is 171 cm³/mol. The van der Waals surface area contributed by atoms with Crippen LogP contribution in [0.15, 0.2) is 91.0 Å². The van der Waals surface area contributed by atoms with Crippen molar-refractivity contribution in [3.63, 3.8) is 0 Å². The van der Waals surface area contributed by atoms with Crippen molar-refractivity contribution in [2.75, 3.05) is 52.9 Å². The Morgan fingerprint density at radius 2 is 1.32 bits per heavy atom. The Balaban J connectivity index is 1.19. The lowest BCUT2D eigenvalue weighted by molar-refractivity contribution is -0.153. The number of amides is 2. The highest BCUT2D eigenvalue weighted by Crippen LogP contribution is 2.28. The van der Waals surface area contributed by atoms with E-state index in [0.717, 1.165) is 30.8 Å². The first-order chi connectivity index (χ1) is 21.5. The molecule has 0 aliphatic carbocycles. The molecule has 0 radical (unpaired) electrons. The smallest absolute Gasteiger partial charge is 0.331 e. The Morgan fingerprint density at radius 1 is 0.750 bits per heavy atom. The number of carbonyl (C=O) groups excluding carboxylic acids is 3. The fraction of sp³-hybridized carbons (Fsp3) is 0.417. The van der Waals surface area contributed by atoms with Crippen molar-refractivity contribution in [1.82, 2.24) is 20.0 Å². The van der Waals surface area contributed by atoms with E-state index in [1.165, 1.54) is 12.7 Å². The van der Waals surface area contributed by atoms with Gasteiger partial charge in [0.2, 0.25) is 11.8 Å². The molecule has 5 rings (SSSR count). The van der Waals surface area contributed by atoms with E-state index >= 15 is 0 Å². The highest BCUT2D eigenvalue weighted by molar-refractivity contribution is 5.88. The molecule has 0 bridgehead atoms. The summed E-state index contributed by atoms with van der Waals surface area (Å²) >= 11 is 0. The second-order valence-corrected chi connectivity index (χ2v) is 12.0. The van der Waals surface area contributed by atoms with E-state index in [1.807, 2.05) is 71.6 Å². The summed E-state index contributed by atoms with van der Waals surface area (Å²) in [5, 5.41) is 3.03. The number of nitrogens with zero attached hydrogens (tertiary/aromatic N) is 3. The summed E-state index contributed by atoms with van der Waals surface area (Å²) in [6, 6.07) is 30.3. The second kappa shape index (κ2) is 15.1. The van der Waals surface area contributed by atoms with Gasteiger partial charge >= 0.3 is 5.97 Å². The fourth-order valence-corrected chi connectivity index (χ4v) is 6.38. The number of esters is 1. The highest BCUT2D eigenvalue weighted by atomic mass is 16.5. The predicted octanol–water partition coefficient (Wildman–Crippen LogP) is 3.87. The number of ether oxygens (including phenoxy) is 1. The summed E-state index contributed by atoms with van der Waals surface area (Å²) in [6.07, 6.45) is 1.78. The molecule has 8 nitrogen and oxygen atoms in total. The lowest BCUT2D eigenvalue weighted by Gasteiger charge is -2.42. The number of rotatable bonds is 11. The largest absolute Gasteiger partial charge is 0.467 e. The van der Waals surface area contributed by atoms with E-state index in [1.54, 1.807) is 0 Å². The molecule has 2 aliphatic rings. The molecular formula is C36H44N4O4. The molecule has 0 aromatic heterocycles. The van der Waals surface area contributed by atoms with Crippen LogP contribution in [0.2, 0.25) is 0 Å². The standard InChI is InChI=1S/C36H44N4O4/c1-44-35(43)36(37-33(41)18-17-29-11-5-2-6-12-29)19-21-38(22-20-36)28-32(31-15-9-4-10-16-31)34(42)40-25-23-39(24-26-40)27-30-13-7-3-8-14-30/h2-16,32H,17-28H2,1H3,(H,37,41). The number of methoxy groups -OCH3 is 1. The van der Waals surface area contributed by atoms with Crippen molar-refractivity contribution in [2.45, 2.75) is 43.7 Å². The third-order valence-corrected chi connectivity index (χ3v) is 9.02. The van der Waals surface area contributed by atoms with E-state index in [-0.39, 0.29) is 17.7 Å². The molecule has 0 saturated carbocycles. The highest BCUT2D eigenvalue weighted by Gasteiger charge is 2.44. The monoisotopic (exact) mass is 596 g/mol. The number of benzene rings is 3. The number of likely N-dealkylation sites (tertiary alicyclic amines) is 1. The first kappa shape index (κ1) is 31.4. The van der Waals surface area contributed by atoms with Crippen LogP contribution < -0.4 is 5.32 Å². The van der Waals surface area contributed by atoms with E-state index in [2.05, 4.69) is 39.4 Å². The van der Waals surface area contributed by atoms with Gasteiger partial charge in [0.05, 0.1) is 13.0 Å². The van der Waals surface area contributed by atoms with E-state index in [4.69, 9.17) is 4.74 Å². The zero-order valence-corrected chi connectivity index (χ0v) is 25.7. The number of hydrogen-bond acceptors (Lipinski definition) is 6. The molecule has 2 heterocycles. The zero-order chi connectivity index (χ0) is 30.8. The van der Waals surface area contributed by atoms with Crippen molar-refractivity contribution in [3.05, 3.63) is 108 Å². The van der Waals surface area contributed by atoms with Crippen LogP contribution in [0.4, 0.5) is 0 Å². The second-order valence-electron chi connectivity index (χ2n) is 12.0. The van der Waals surface area contributed by atoms with Gasteiger partial charge in [0.15, 0.2) is 0 Å².